The smallest absolute Gasteiger partial charge is 0.346 e. The molecule has 1 aromatic carbocycles. The summed E-state index contributed by atoms with van der Waals surface area (Å²) in [5.74, 6) is 0.791. The molecule has 17 heavy (non-hydrogen) atoms. The van der Waals surface area contributed by atoms with Gasteiger partial charge in [-0.1, -0.05) is 19.1 Å². The van der Waals surface area contributed by atoms with Gasteiger partial charge in [0, 0.05) is 0 Å². The van der Waals surface area contributed by atoms with Gasteiger partial charge in [-0.2, -0.15) is 0 Å². The van der Waals surface area contributed by atoms with Gasteiger partial charge in [-0.25, -0.2) is 4.79 Å². The lowest BCUT2D eigenvalue weighted by molar-refractivity contribution is -0.147. The lowest BCUT2D eigenvalue weighted by Crippen LogP contribution is -2.25. The molecule has 1 rings (SSSR count). The predicted molar refractivity (Wildman–Crippen MR) is 64.3 cm³/mol. The molecule has 0 heterocycles. The van der Waals surface area contributed by atoms with Crippen molar-refractivity contribution in [2.24, 2.45) is 0 Å². The van der Waals surface area contributed by atoms with Gasteiger partial charge >= 0.3 is 5.97 Å². The third-order valence-electron chi connectivity index (χ3n) is 2.15. The Labute approximate surface area is 101 Å². The number of hydrogen-bond acceptors (Lipinski definition) is 4. The monoisotopic (exact) mass is 238 g/mol. The Hall–Kier alpha value is -1.71. The molecule has 4 heteroatoms. The van der Waals surface area contributed by atoms with E-state index in [4.69, 9.17) is 9.47 Å². The average Bonchev–Trinajstić information content (AvgIpc) is 2.36. The quantitative estimate of drug-likeness (QED) is 0.714. The van der Waals surface area contributed by atoms with Crippen LogP contribution in [0.1, 0.15) is 20.3 Å². The second-order valence-electron chi connectivity index (χ2n) is 3.58. The van der Waals surface area contributed by atoms with Crippen LogP contribution in [0.2, 0.25) is 0 Å². The van der Waals surface area contributed by atoms with Gasteiger partial charge in [-0.3, -0.25) is 0 Å². The van der Waals surface area contributed by atoms with Gasteiger partial charge in [0.15, 0.2) is 17.6 Å². The van der Waals surface area contributed by atoms with E-state index in [9.17, 15) is 4.79 Å². The first-order valence-electron chi connectivity index (χ1n) is 5.65. The van der Waals surface area contributed by atoms with Crippen LogP contribution >= 0.6 is 0 Å². The molecule has 0 radical (unpaired) electrons. The van der Waals surface area contributed by atoms with Gasteiger partial charge in [0.05, 0.1) is 13.7 Å². The standard InChI is InChI=1S/C13H18O4/c1-4-9-16-11-7-5-6-8-12(11)17-10(2)13(14)15-3/h5-8,10H,4,9H2,1-3H3/t10-/m0/s1. The summed E-state index contributed by atoms with van der Waals surface area (Å²) in [6.45, 7) is 4.29. The van der Waals surface area contributed by atoms with Crippen LogP contribution in [0.3, 0.4) is 0 Å². The minimum Gasteiger partial charge on any atom is -0.490 e. The molecule has 4 nitrogen and oxygen atoms in total. The van der Waals surface area contributed by atoms with Crippen LogP contribution in [-0.2, 0) is 9.53 Å². The summed E-state index contributed by atoms with van der Waals surface area (Å²) >= 11 is 0. The van der Waals surface area contributed by atoms with Crippen LogP contribution in [0.15, 0.2) is 24.3 Å². The third-order valence-corrected chi connectivity index (χ3v) is 2.15. The van der Waals surface area contributed by atoms with Crippen LogP contribution in [-0.4, -0.2) is 25.8 Å². The second kappa shape index (κ2) is 6.78. The number of carbonyl (C=O) groups excluding carboxylic acids is 1. The van der Waals surface area contributed by atoms with E-state index in [1.807, 2.05) is 25.1 Å². The zero-order valence-electron chi connectivity index (χ0n) is 10.4. The fourth-order valence-corrected chi connectivity index (χ4v) is 1.28. The summed E-state index contributed by atoms with van der Waals surface area (Å²) in [7, 11) is 1.34. The van der Waals surface area contributed by atoms with Crippen molar-refractivity contribution in [3.63, 3.8) is 0 Å². The predicted octanol–water partition coefficient (Wildman–Crippen LogP) is 2.42. The molecular formula is C13H18O4. The van der Waals surface area contributed by atoms with Crippen LogP contribution < -0.4 is 9.47 Å². The molecule has 1 atom stereocenters. The number of benzene rings is 1. The number of methoxy groups -OCH3 is 1. The SMILES string of the molecule is CCCOc1ccccc1O[C@@H](C)C(=O)OC. The van der Waals surface area contributed by atoms with Gasteiger partial charge in [0.2, 0.25) is 0 Å². The fourth-order valence-electron chi connectivity index (χ4n) is 1.28. The Kier molecular flexibility index (Phi) is 5.33. The minimum atomic E-state index is -0.647. The van der Waals surface area contributed by atoms with E-state index >= 15 is 0 Å². The van der Waals surface area contributed by atoms with Gasteiger partial charge in [0.25, 0.3) is 0 Å². The fraction of sp³-hybridized carbons (Fsp3) is 0.462. The van der Waals surface area contributed by atoms with Crippen molar-refractivity contribution in [3.05, 3.63) is 24.3 Å². The molecule has 0 saturated heterocycles. The molecule has 0 aliphatic heterocycles. The number of rotatable bonds is 6. The maximum atomic E-state index is 11.3. The highest BCUT2D eigenvalue weighted by atomic mass is 16.6. The zero-order chi connectivity index (χ0) is 12.7. The van der Waals surface area contributed by atoms with E-state index < -0.39 is 12.1 Å². The lowest BCUT2D eigenvalue weighted by atomic mass is 10.3. The first-order valence-corrected chi connectivity index (χ1v) is 5.65. The highest BCUT2D eigenvalue weighted by molar-refractivity contribution is 5.74. The highest BCUT2D eigenvalue weighted by Gasteiger charge is 2.16. The van der Waals surface area contributed by atoms with Crippen molar-refractivity contribution in [1.29, 1.82) is 0 Å². The Morgan fingerprint density at radius 1 is 1.29 bits per heavy atom. The Morgan fingerprint density at radius 2 is 1.94 bits per heavy atom. The van der Waals surface area contributed by atoms with Gasteiger partial charge in [0.1, 0.15) is 0 Å². The summed E-state index contributed by atoms with van der Waals surface area (Å²) in [5.41, 5.74) is 0. The normalized spacial score (nSPS) is 11.7. The van der Waals surface area contributed by atoms with Crippen LogP contribution in [0, 0.1) is 0 Å². The van der Waals surface area contributed by atoms with Crippen LogP contribution in [0.4, 0.5) is 0 Å². The lowest BCUT2D eigenvalue weighted by Gasteiger charge is -2.15. The van der Waals surface area contributed by atoms with E-state index in [1.165, 1.54) is 7.11 Å². The number of ether oxygens (including phenoxy) is 3. The number of carbonyl (C=O) groups is 1. The summed E-state index contributed by atoms with van der Waals surface area (Å²) in [6, 6.07) is 7.28. The van der Waals surface area contributed by atoms with Crippen molar-refractivity contribution in [2.45, 2.75) is 26.4 Å². The van der Waals surface area contributed by atoms with Crippen molar-refractivity contribution in [1.82, 2.24) is 0 Å². The molecule has 0 saturated carbocycles. The topological polar surface area (TPSA) is 44.8 Å². The minimum absolute atomic E-state index is 0.407. The molecule has 0 amide bonds. The van der Waals surface area contributed by atoms with Crippen LogP contribution in [0.5, 0.6) is 11.5 Å². The van der Waals surface area contributed by atoms with Crippen molar-refractivity contribution >= 4 is 5.97 Å². The third kappa shape index (κ3) is 3.98. The van der Waals surface area contributed by atoms with Gasteiger partial charge < -0.3 is 14.2 Å². The zero-order valence-corrected chi connectivity index (χ0v) is 10.4. The Morgan fingerprint density at radius 3 is 2.53 bits per heavy atom. The summed E-state index contributed by atoms with van der Waals surface area (Å²) in [6.07, 6.45) is 0.271. The molecule has 0 aliphatic rings. The van der Waals surface area contributed by atoms with Crippen LogP contribution in [0.25, 0.3) is 0 Å². The second-order valence-corrected chi connectivity index (χ2v) is 3.58. The van der Waals surface area contributed by atoms with E-state index in [0.717, 1.165) is 6.42 Å². The molecule has 0 N–H and O–H groups in total. The maximum Gasteiger partial charge on any atom is 0.346 e. The molecule has 94 valence electrons. The van der Waals surface area contributed by atoms with E-state index in [1.54, 1.807) is 13.0 Å². The highest BCUT2D eigenvalue weighted by Crippen LogP contribution is 2.27. The Balaban J connectivity index is 2.72. The summed E-state index contributed by atoms with van der Waals surface area (Å²) in [4.78, 5) is 11.3. The molecule has 1 aromatic rings. The number of hydrogen-bond donors (Lipinski definition) is 0. The molecule has 0 fully saturated rings. The summed E-state index contributed by atoms with van der Waals surface area (Å²) < 4.78 is 15.6. The molecule has 0 aromatic heterocycles. The molecular weight excluding hydrogens is 220 g/mol. The molecule has 0 aliphatic carbocycles. The van der Waals surface area contributed by atoms with Crippen molar-refractivity contribution < 1.29 is 19.0 Å². The van der Waals surface area contributed by atoms with Crippen molar-refractivity contribution in [3.8, 4) is 11.5 Å². The molecule has 0 unspecified atom stereocenters. The van der Waals surface area contributed by atoms with Crippen molar-refractivity contribution in [2.75, 3.05) is 13.7 Å². The Bertz CT molecular complexity index is 362. The van der Waals surface area contributed by atoms with E-state index in [0.29, 0.717) is 18.1 Å². The largest absolute Gasteiger partial charge is 0.490 e. The maximum absolute atomic E-state index is 11.3. The first-order chi connectivity index (χ1) is 8.19. The van der Waals surface area contributed by atoms with Gasteiger partial charge in [-0.05, 0) is 25.5 Å². The average molecular weight is 238 g/mol. The summed E-state index contributed by atoms with van der Waals surface area (Å²) in [5, 5.41) is 0. The molecule has 0 spiro atoms. The number of para-hydroxylation sites is 2. The van der Waals surface area contributed by atoms with Gasteiger partial charge in [-0.15, -0.1) is 0 Å². The van der Waals surface area contributed by atoms with E-state index in [2.05, 4.69) is 4.74 Å². The number of esters is 1. The first kappa shape index (κ1) is 13.4. The molecule has 0 bridgehead atoms. The van der Waals surface area contributed by atoms with E-state index in [-0.39, 0.29) is 0 Å².